The van der Waals surface area contributed by atoms with Crippen LogP contribution in [-0.4, -0.2) is 45.5 Å². The molecular weight excluding hydrogens is 464 g/mol. The van der Waals surface area contributed by atoms with E-state index in [2.05, 4.69) is 15.3 Å². The molecule has 1 heterocycles. The summed E-state index contributed by atoms with van der Waals surface area (Å²) in [6, 6.07) is 15.3. The van der Waals surface area contributed by atoms with Gasteiger partial charge in [-0.3, -0.25) is 4.55 Å². The minimum atomic E-state index is -4.64. The predicted octanol–water partition coefficient (Wildman–Crippen LogP) is 4.28. The Balaban J connectivity index is 1.90. The molecular formula is C22H18N4O7S. The van der Waals surface area contributed by atoms with E-state index in [4.69, 9.17) is 4.74 Å². The highest BCUT2D eigenvalue weighted by atomic mass is 32.2. The van der Waals surface area contributed by atoms with Crippen molar-refractivity contribution >= 4 is 38.2 Å². The highest BCUT2D eigenvalue weighted by molar-refractivity contribution is 7.86. The zero-order valence-corrected chi connectivity index (χ0v) is 18.5. The monoisotopic (exact) mass is 482 g/mol. The highest BCUT2D eigenvalue weighted by Gasteiger charge is 2.26. The van der Waals surface area contributed by atoms with Crippen LogP contribution >= 0.6 is 0 Å². The van der Waals surface area contributed by atoms with Crippen LogP contribution in [0.4, 0.5) is 11.4 Å². The van der Waals surface area contributed by atoms with Gasteiger partial charge in [-0.15, -0.1) is 10.2 Å². The molecule has 3 aromatic carbocycles. The molecule has 0 saturated heterocycles. The van der Waals surface area contributed by atoms with Crippen LogP contribution in [0.25, 0.3) is 16.5 Å². The molecule has 0 saturated carbocycles. The third-order valence-corrected chi connectivity index (χ3v) is 5.69. The van der Waals surface area contributed by atoms with Gasteiger partial charge in [-0.25, -0.2) is 4.79 Å². The van der Waals surface area contributed by atoms with Crippen LogP contribution in [0.5, 0.6) is 11.6 Å². The van der Waals surface area contributed by atoms with Crippen molar-refractivity contribution < 1.29 is 32.7 Å². The number of nitrogens with zero attached hydrogens (tertiary/aromatic N) is 4. The Bertz CT molecular complexity index is 1530. The standard InChI is InChI=1S/C22H18N4O7S/c1-2-33-22(29)20-19(21(28)26(25-20)13-8-4-3-5-9-13)24-23-18-15-11-7-6-10-14(15)17(12-16(18)27)34(30,31)32/h3-12,27-28H,2H2,1H3,(H,30,31,32). The maximum atomic E-state index is 12.5. The largest absolute Gasteiger partial charge is 0.506 e. The van der Waals surface area contributed by atoms with Crippen molar-refractivity contribution in [2.24, 2.45) is 10.2 Å². The van der Waals surface area contributed by atoms with Gasteiger partial charge in [0.2, 0.25) is 11.6 Å². The Morgan fingerprint density at radius 3 is 2.26 bits per heavy atom. The molecule has 174 valence electrons. The van der Waals surface area contributed by atoms with Crippen LogP contribution < -0.4 is 0 Å². The average Bonchev–Trinajstić information content (AvgIpc) is 3.14. The summed E-state index contributed by atoms with van der Waals surface area (Å²) in [6.45, 7) is 1.66. The number of benzene rings is 3. The van der Waals surface area contributed by atoms with E-state index >= 15 is 0 Å². The molecule has 3 N–H and O–H groups in total. The molecule has 0 bridgehead atoms. The van der Waals surface area contributed by atoms with E-state index in [1.807, 2.05) is 0 Å². The van der Waals surface area contributed by atoms with Gasteiger partial charge >= 0.3 is 5.97 Å². The Morgan fingerprint density at radius 1 is 1.00 bits per heavy atom. The third kappa shape index (κ3) is 4.19. The lowest BCUT2D eigenvalue weighted by molar-refractivity contribution is 0.0520. The van der Waals surface area contributed by atoms with E-state index in [-0.39, 0.29) is 34.4 Å². The Kier molecular flexibility index (Phi) is 6.01. The molecule has 12 heteroatoms. The zero-order valence-electron chi connectivity index (χ0n) is 17.7. The van der Waals surface area contributed by atoms with Crippen molar-refractivity contribution in [2.75, 3.05) is 6.61 Å². The first kappa shape index (κ1) is 22.9. The number of phenolic OH excluding ortho intramolecular Hbond substituents is 1. The number of hydrogen-bond acceptors (Lipinski definition) is 9. The van der Waals surface area contributed by atoms with E-state index in [9.17, 15) is 28.0 Å². The second-order valence-electron chi connectivity index (χ2n) is 6.95. The summed E-state index contributed by atoms with van der Waals surface area (Å²) in [5.74, 6) is -1.95. The van der Waals surface area contributed by atoms with E-state index < -0.39 is 32.6 Å². The maximum absolute atomic E-state index is 12.5. The number of aromatic nitrogens is 2. The first-order valence-corrected chi connectivity index (χ1v) is 11.3. The van der Waals surface area contributed by atoms with Crippen LogP contribution in [0, 0.1) is 0 Å². The summed E-state index contributed by atoms with van der Waals surface area (Å²) >= 11 is 0. The van der Waals surface area contributed by atoms with Crippen molar-refractivity contribution in [1.82, 2.24) is 9.78 Å². The smallest absolute Gasteiger partial charge is 0.361 e. The molecule has 4 rings (SSSR count). The highest BCUT2D eigenvalue weighted by Crippen LogP contribution is 2.41. The fourth-order valence-corrected chi connectivity index (χ4v) is 4.03. The molecule has 0 unspecified atom stereocenters. The Morgan fingerprint density at radius 2 is 1.62 bits per heavy atom. The average molecular weight is 482 g/mol. The summed E-state index contributed by atoms with van der Waals surface area (Å²) < 4.78 is 39.1. The number of aromatic hydroxyl groups is 2. The van der Waals surface area contributed by atoms with E-state index in [1.165, 1.54) is 12.1 Å². The Hall–Kier alpha value is -4.29. The van der Waals surface area contributed by atoms with Crippen LogP contribution in [0.1, 0.15) is 17.4 Å². The molecule has 34 heavy (non-hydrogen) atoms. The van der Waals surface area contributed by atoms with Crippen molar-refractivity contribution in [2.45, 2.75) is 11.8 Å². The van der Waals surface area contributed by atoms with Gasteiger partial charge in [-0.2, -0.15) is 18.2 Å². The molecule has 0 aliphatic rings. The fraction of sp³-hybridized carbons (Fsp3) is 0.0909. The molecule has 0 aliphatic heterocycles. The molecule has 0 spiro atoms. The van der Waals surface area contributed by atoms with Crippen LogP contribution in [0.2, 0.25) is 0 Å². The summed E-state index contributed by atoms with van der Waals surface area (Å²) in [4.78, 5) is 11.9. The van der Waals surface area contributed by atoms with Crippen LogP contribution in [0.3, 0.4) is 0 Å². The van der Waals surface area contributed by atoms with E-state index in [0.29, 0.717) is 5.69 Å². The van der Waals surface area contributed by atoms with Crippen molar-refractivity contribution in [3.63, 3.8) is 0 Å². The number of fused-ring (bicyclic) bond motifs is 1. The van der Waals surface area contributed by atoms with Gasteiger partial charge in [0.1, 0.15) is 16.3 Å². The van der Waals surface area contributed by atoms with Crippen molar-refractivity contribution in [1.29, 1.82) is 0 Å². The number of rotatable bonds is 6. The number of azo groups is 1. The van der Waals surface area contributed by atoms with Gasteiger partial charge in [-0.1, -0.05) is 42.5 Å². The third-order valence-electron chi connectivity index (χ3n) is 4.79. The molecule has 0 amide bonds. The summed E-state index contributed by atoms with van der Waals surface area (Å²) in [5, 5.41) is 33.5. The minimum absolute atomic E-state index is 0.0525. The lowest BCUT2D eigenvalue weighted by Crippen LogP contribution is -2.07. The first-order chi connectivity index (χ1) is 16.2. The Labute approximate surface area is 193 Å². The first-order valence-electron chi connectivity index (χ1n) is 9.90. The number of para-hydroxylation sites is 1. The molecule has 0 aliphatic carbocycles. The normalized spacial score (nSPS) is 11.8. The number of carbonyl (C=O) groups excluding carboxylic acids is 1. The van der Waals surface area contributed by atoms with Crippen LogP contribution in [0.15, 0.2) is 75.8 Å². The fourth-order valence-electron chi connectivity index (χ4n) is 3.31. The lowest BCUT2D eigenvalue weighted by Gasteiger charge is -2.08. The second-order valence-corrected chi connectivity index (χ2v) is 8.34. The number of ether oxygens (including phenoxy) is 1. The van der Waals surface area contributed by atoms with E-state index in [1.54, 1.807) is 49.4 Å². The summed E-state index contributed by atoms with van der Waals surface area (Å²) in [7, 11) is -4.64. The molecule has 0 fully saturated rings. The van der Waals surface area contributed by atoms with Gasteiger partial charge in [0.05, 0.1) is 12.3 Å². The van der Waals surface area contributed by atoms with Gasteiger partial charge in [0.25, 0.3) is 10.1 Å². The summed E-state index contributed by atoms with van der Waals surface area (Å²) in [6.07, 6.45) is 0. The molecule has 11 nitrogen and oxygen atoms in total. The predicted molar refractivity (Wildman–Crippen MR) is 121 cm³/mol. The second kappa shape index (κ2) is 8.92. The molecule has 0 atom stereocenters. The van der Waals surface area contributed by atoms with Gasteiger partial charge in [0, 0.05) is 16.8 Å². The van der Waals surface area contributed by atoms with Gasteiger partial charge in [-0.05, 0) is 19.1 Å². The van der Waals surface area contributed by atoms with Crippen molar-refractivity contribution in [3.8, 4) is 17.3 Å². The van der Waals surface area contributed by atoms with Gasteiger partial charge < -0.3 is 14.9 Å². The van der Waals surface area contributed by atoms with Crippen molar-refractivity contribution in [3.05, 3.63) is 66.4 Å². The maximum Gasteiger partial charge on any atom is 0.361 e. The lowest BCUT2D eigenvalue weighted by atomic mass is 10.1. The number of phenols is 1. The molecule has 1 aromatic heterocycles. The SMILES string of the molecule is CCOC(=O)c1nn(-c2ccccc2)c(O)c1N=Nc1c(O)cc(S(=O)(=O)O)c2ccccc12. The number of hydrogen-bond donors (Lipinski definition) is 3. The number of carbonyl (C=O) groups is 1. The number of esters is 1. The van der Waals surface area contributed by atoms with Gasteiger partial charge in [0.15, 0.2) is 5.69 Å². The zero-order chi connectivity index (χ0) is 24.5. The van der Waals surface area contributed by atoms with E-state index in [0.717, 1.165) is 10.7 Å². The summed E-state index contributed by atoms with van der Waals surface area (Å²) in [5.41, 5.74) is -0.336. The van der Waals surface area contributed by atoms with Crippen LogP contribution in [-0.2, 0) is 14.9 Å². The quantitative estimate of drug-likeness (QED) is 0.208. The molecule has 4 aromatic rings. The minimum Gasteiger partial charge on any atom is -0.506 e. The molecule has 0 radical (unpaired) electrons. The topological polar surface area (TPSA) is 164 Å².